The minimum Gasteiger partial charge on any atom is -0.444 e. The van der Waals surface area contributed by atoms with Gasteiger partial charge in [0.05, 0.1) is 16.7 Å². The quantitative estimate of drug-likeness (QED) is 0.0867. The monoisotopic (exact) mass is 1030 g/mol. The van der Waals surface area contributed by atoms with Crippen LogP contribution in [0, 0.1) is 5.92 Å². The average Bonchev–Trinajstić information content (AvgIpc) is 3.79. The number of ether oxygens (including phenoxy) is 2. The van der Waals surface area contributed by atoms with Crippen molar-refractivity contribution in [2.24, 2.45) is 5.92 Å². The molecule has 5 aromatic rings. The zero-order chi connectivity index (χ0) is 49.6. The molecule has 2 N–H and O–H groups in total. The summed E-state index contributed by atoms with van der Waals surface area (Å²) >= 11 is 7.57. The average molecular weight is 1030 g/mol. The molecule has 1 amide bonds. The smallest absolute Gasteiger partial charge is 0.444 e. The maximum Gasteiger partial charge on any atom is 0.501 e. The summed E-state index contributed by atoms with van der Waals surface area (Å²) in [4.78, 5) is 16.0. The fourth-order valence-corrected chi connectivity index (χ4v) is 12.1. The van der Waals surface area contributed by atoms with Gasteiger partial charge in [0.1, 0.15) is 10.5 Å². The van der Waals surface area contributed by atoms with Crippen molar-refractivity contribution >= 4 is 60.7 Å². The lowest BCUT2D eigenvalue weighted by atomic mass is 9.84. The molecule has 7 rings (SSSR count). The highest BCUT2D eigenvalue weighted by molar-refractivity contribution is 7.99. The fourth-order valence-electron chi connectivity index (χ4n) is 8.97. The third kappa shape index (κ3) is 13.2. The number of sulfone groups is 1. The molecule has 0 bridgehead atoms. The molecule has 11 nitrogen and oxygen atoms in total. The molecule has 5 aromatic carbocycles. The number of likely N-dealkylation sites (tertiary alicyclic amines) is 1. The van der Waals surface area contributed by atoms with Crippen LogP contribution >= 0.6 is 23.4 Å². The molecule has 2 aliphatic rings. The van der Waals surface area contributed by atoms with E-state index in [1.165, 1.54) is 11.8 Å². The third-order valence-corrected chi connectivity index (χ3v) is 16.7. The predicted octanol–water partition coefficient (Wildman–Crippen LogP) is 11.7. The van der Waals surface area contributed by atoms with Crippen LogP contribution in [0.4, 0.5) is 29.3 Å². The van der Waals surface area contributed by atoms with E-state index in [0.717, 1.165) is 65.3 Å². The molecule has 0 spiro atoms. The lowest BCUT2D eigenvalue weighted by molar-refractivity contribution is -0.0436. The second-order valence-electron chi connectivity index (χ2n) is 18.3. The van der Waals surface area contributed by atoms with Crippen molar-refractivity contribution < 1.29 is 44.3 Å². The predicted molar refractivity (Wildman–Crippen MR) is 267 cm³/mol. The highest BCUT2D eigenvalue weighted by atomic mass is 35.5. The summed E-state index contributed by atoms with van der Waals surface area (Å²) < 4.78 is 111. The van der Waals surface area contributed by atoms with Gasteiger partial charge >= 0.3 is 11.6 Å². The lowest BCUT2D eigenvalue weighted by Gasteiger charge is -2.37. The van der Waals surface area contributed by atoms with Crippen molar-refractivity contribution in [1.82, 2.24) is 9.62 Å². The number of methoxy groups -OCH3 is 1. The number of nitrogens with one attached hydrogen (secondary N) is 2. The van der Waals surface area contributed by atoms with Gasteiger partial charge in [-0.1, -0.05) is 78.3 Å². The number of alkyl halides is 3. The first-order valence-electron chi connectivity index (χ1n) is 22.8. The third-order valence-electron chi connectivity index (χ3n) is 12.4. The number of carbonyl (C=O) groups excluding carboxylic acids is 1. The van der Waals surface area contributed by atoms with Gasteiger partial charge in [-0.2, -0.15) is 13.2 Å². The Bertz CT molecular complexity index is 2750. The molecule has 0 unspecified atom stereocenters. The first kappa shape index (κ1) is 52.1. The van der Waals surface area contributed by atoms with E-state index in [1.807, 2.05) is 78.9 Å². The van der Waals surface area contributed by atoms with Crippen LogP contribution in [-0.4, -0.2) is 83.5 Å². The largest absolute Gasteiger partial charge is 0.501 e. The van der Waals surface area contributed by atoms with Crippen molar-refractivity contribution in [1.29, 1.82) is 0 Å². The molecular formula is C51H58ClF3N4O7S3. The summed E-state index contributed by atoms with van der Waals surface area (Å²) in [7, 11) is -8.84. The van der Waals surface area contributed by atoms with Crippen molar-refractivity contribution in [3.63, 3.8) is 0 Å². The highest BCUT2D eigenvalue weighted by Crippen LogP contribution is 2.40. The minimum atomic E-state index is -6.06. The van der Waals surface area contributed by atoms with Gasteiger partial charge in [0.2, 0.25) is 10.0 Å². The van der Waals surface area contributed by atoms with Crippen LogP contribution in [0.3, 0.4) is 0 Å². The van der Waals surface area contributed by atoms with Gasteiger partial charge in [-0.05, 0) is 136 Å². The Morgan fingerprint density at radius 3 is 2.16 bits per heavy atom. The molecule has 0 saturated carbocycles. The number of sulfonamides is 1. The highest BCUT2D eigenvalue weighted by Gasteiger charge is 2.48. The molecule has 3 atom stereocenters. The van der Waals surface area contributed by atoms with Crippen molar-refractivity contribution in [2.45, 2.75) is 103 Å². The van der Waals surface area contributed by atoms with E-state index in [9.17, 15) is 34.8 Å². The van der Waals surface area contributed by atoms with Gasteiger partial charge in [0.25, 0.3) is 9.84 Å². The SMILES string of the molecule is CO[C@@H](c1ccccc1-c1ccc(Cl)cc1)C1CCN(c2ccc(CNS(=O)(=O)c3ccc(N[C@@H](CSc4ccccc4)C[C@H]4CCCN4C(=O)OC(C)(C)C)c(S(=O)(=O)C(F)(F)F)c3)cc2)CC1. The zero-order valence-corrected chi connectivity index (χ0v) is 42.1. The number of rotatable bonds is 17. The Morgan fingerprint density at radius 1 is 0.841 bits per heavy atom. The van der Waals surface area contributed by atoms with E-state index in [0.29, 0.717) is 36.0 Å². The Hall–Kier alpha value is -4.78. The van der Waals surface area contributed by atoms with E-state index >= 15 is 0 Å². The fraction of sp³-hybridized carbons (Fsp3) is 0.392. The summed E-state index contributed by atoms with van der Waals surface area (Å²) in [5, 5.41) is 3.69. The van der Waals surface area contributed by atoms with Crippen LogP contribution in [0.1, 0.15) is 70.1 Å². The number of carbonyl (C=O) groups is 1. The van der Waals surface area contributed by atoms with Gasteiger partial charge in [-0.15, -0.1) is 11.8 Å². The standard InChI is InChI=1S/C51H58ClF3N4O7S3/c1-50(2,3)66-49(60)59-28-10-11-41(59)31-39(34-67-42-12-6-5-7-13-42)57-46-25-24-43(32-47(46)68(61,62)51(53,54)55)69(63,64)56-33-35-16-22-40(23-17-35)58-29-26-37(27-30-58)48(65-4)45-15-9-8-14-44(45)36-18-20-38(52)21-19-36/h5-9,12-25,32,37,39,41,48,56-57H,10-11,26-31,33-34H2,1-4H3/t39-,41-,48-/m1/s1. The van der Waals surface area contributed by atoms with E-state index in [4.69, 9.17) is 21.1 Å². The van der Waals surface area contributed by atoms with Crippen LogP contribution in [0.15, 0.2) is 136 Å². The molecule has 2 fully saturated rings. The number of nitrogens with zero attached hydrogens (tertiary/aromatic N) is 2. The number of benzene rings is 5. The Morgan fingerprint density at radius 2 is 1.51 bits per heavy atom. The molecule has 2 heterocycles. The topological polar surface area (TPSA) is 134 Å². The summed E-state index contributed by atoms with van der Waals surface area (Å²) in [5.41, 5.74) is -2.09. The minimum absolute atomic E-state index is 0.118. The number of hydrogen-bond donors (Lipinski definition) is 2. The zero-order valence-electron chi connectivity index (χ0n) is 38.9. The van der Waals surface area contributed by atoms with Crippen LogP contribution in [-0.2, 0) is 35.9 Å². The number of anilines is 2. The first-order chi connectivity index (χ1) is 32.7. The van der Waals surface area contributed by atoms with E-state index < -0.39 is 58.6 Å². The second-order valence-corrected chi connectivity index (χ2v) is 23.6. The number of halogens is 4. The Labute approximate surface area is 413 Å². The molecule has 0 aliphatic carbocycles. The Balaban J connectivity index is 1.03. The maximum atomic E-state index is 14.3. The molecule has 370 valence electrons. The summed E-state index contributed by atoms with van der Waals surface area (Å²) in [6.07, 6.45) is 2.64. The van der Waals surface area contributed by atoms with Gasteiger partial charge in [-0.3, -0.25) is 0 Å². The summed E-state index contributed by atoms with van der Waals surface area (Å²) in [6.45, 7) is 7.02. The molecule has 69 heavy (non-hydrogen) atoms. The number of amides is 1. The van der Waals surface area contributed by atoms with Gasteiger partial charge < -0.3 is 24.6 Å². The van der Waals surface area contributed by atoms with Gasteiger partial charge in [0.15, 0.2) is 0 Å². The Kier molecular flexibility index (Phi) is 16.7. The van der Waals surface area contributed by atoms with Crippen LogP contribution in [0.25, 0.3) is 11.1 Å². The normalized spacial score (nSPS) is 17.1. The first-order valence-corrected chi connectivity index (χ1v) is 27.2. The molecule has 18 heteroatoms. The maximum absolute atomic E-state index is 14.3. The number of hydrogen-bond acceptors (Lipinski definition) is 10. The molecule has 2 saturated heterocycles. The van der Waals surface area contributed by atoms with E-state index in [2.05, 4.69) is 27.1 Å². The molecular weight excluding hydrogens is 969 g/mol. The number of piperidine rings is 1. The molecule has 0 radical (unpaired) electrons. The summed E-state index contributed by atoms with van der Waals surface area (Å²) in [6, 6.07) is 34.3. The van der Waals surface area contributed by atoms with Crippen molar-refractivity contribution in [2.75, 3.05) is 42.7 Å². The second kappa shape index (κ2) is 22.1. The molecule has 2 aliphatic heterocycles. The van der Waals surface area contributed by atoms with Gasteiger partial charge in [0, 0.05) is 66.7 Å². The van der Waals surface area contributed by atoms with Crippen LogP contribution < -0.4 is 14.9 Å². The van der Waals surface area contributed by atoms with Crippen LogP contribution in [0.5, 0.6) is 0 Å². The number of thioether (sulfide) groups is 1. The summed E-state index contributed by atoms with van der Waals surface area (Å²) in [5.74, 6) is 0.542. The van der Waals surface area contributed by atoms with Gasteiger partial charge in [-0.25, -0.2) is 26.4 Å². The van der Waals surface area contributed by atoms with Crippen LogP contribution in [0.2, 0.25) is 5.02 Å². The van der Waals surface area contributed by atoms with Crippen molar-refractivity contribution in [3.8, 4) is 11.1 Å². The van der Waals surface area contributed by atoms with Crippen molar-refractivity contribution in [3.05, 3.63) is 137 Å². The molecule has 0 aromatic heterocycles. The lowest BCUT2D eigenvalue weighted by Crippen LogP contribution is -2.42. The van der Waals surface area contributed by atoms with E-state index in [-0.39, 0.29) is 36.8 Å². The van der Waals surface area contributed by atoms with E-state index in [1.54, 1.807) is 44.9 Å².